The van der Waals surface area contributed by atoms with Crippen molar-refractivity contribution in [1.82, 2.24) is 4.98 Å². The summed E-state index contributed by atoms with van der Waals surface area (Å²) in [5.74, 6) is 1.03. The minimum Gasteiger partial charge on any atom is -0.496 e. The summed E-state index contributed by atoms with van der Waals surface area (Å²) in [7, 11) is 1.53. The number of methoxy groups -OCH3 is 1. The lowest BCUT2D eigenvalue weighted by atomic mass is 10.1. The Labute approximate surface area is 109 Å². The number of para-hydroxylation sites is 2. The molecule has 4 heteroatoms. The van der Waals surface area contributed by atoms with E-state index in [-0.39, 0.29) is 0 Å². The predicted octanol–water partition coefficient (Wildman–Crippen LogP) is 3.32. The molecule has 1 heterocycles. The Morgan fingerprint density at radius 1 is 1.21 bits per heavy atom. The molecule has 3 aromatic rings. The molecule has 0 spiro atoms. The van der Waals surface area contributed by atoms with Crippen molar-refractivity contribution in [1.29, 1.82) is 0 Å². The van der Waals surface area contributed by atoms with Crippen molar-refractivity contribution < 1.29 is 13.9 Å². The highest BCUT2D eigenvalue weighted by atomic mass is 16.5. The second-order valence-corrected chi connectivity index (χ2v) is 4.06. The number of ether oxygens (including phenoxy) is 1. The fourth-order valence-electron chi connectivity index (χ4n) is 1.96. The molecule has 0 fully saturated rings. The molecule has 0 aliphatic carbocycles. The molecule has 0 bridgehead atoms. The molecule has 19 heavy (non-hydrogen) atoms. The first kappa shape index (κ1) is 11.5. The van der Waals surface area contributed by atoms with Crippen LogP contribution < -0.4 is 4.74 Å². The van der Waals surface area contributed by atoms with E-state index in [4.69, 9.17) is 9.15 Å². The largest absolute Gasteiger partial charge is 0.496 e. The SMILES string of the molecule is COc1ccc(-c2nc3ccccc3o2)cc1C=O. The number of fused-ring (bicyclic) bond motifs is 1. The molecule has 0 amide bonds. The normalized spacial score (nSPS) is 10.6. The van der Waals surface area contributed by atoms with Crippen molar-refractivity contribution in [2.24, 2.45) is 0 Å². The number of aldehydes is 1. The number of benzene rings is 2. The van der Waals surface area contributed by atoms with E-state index in [1.54, 1.807) is 12.1 Å². The van der Waals surface area contributed by atoms with Gasteiger partial charge in [0, 0.05) is 5.56 Å². The van der Waals surface area contributed by atoms with Gasteiger partial charge in [0.15, 0.2) is 11.9 Å². The second kappa shape index (κ2) is 4.57. The van der Waals surface area contributed by atoms with Crippen LogP contribution in [0.5, 0.6) is 5.75 Å². The monoisotopic (exact) mass is 253 g/mol. The molecule has 3 rings (SSSR count). The van der Waals surface area contributed by atoms with Gasteiger partial charge in [-0.15, -0.1) is 0 Å². The molecular weight excluding hydrogens is 242 g/mol. The molecule has 0 unspecified atom stereocenters. The third-order valence-corrected chi connectivity index (χ3v) is 2.90. The highest BCUT2D eigenvalue weighted by Gasteiger charge is 2.10. The molecule has 0 N–H and O–H groups in total. The Morgan fingerprint density at radius 2 is 2.05 bits per heavy atom. The average molecular weight is 253 g/mol. The van der Waals surface area contributed by atoms with Gasteiger partial charge in [0.25, 0.3) is 0 Å². The fraction of sp³-hybridized carbons (Fsp3) is 0.0667. The van der Waals surface area contributed by atoms with Gasteiger partial charge in [0.1, 0.15) is 11.3 Å². The topological polar surface area (TPSA) is 52.3 Å². The number of hydrogen-bond donors (Lipinski definition) is 0. The first-order chi connectivity index (χ1) is 9.31. The van der Waals surface area contributed by atoms with Crippen LogP contribution in [0.4, 0.5) is 0 Å². The van der Waals surface area contributed by atoms with Crippen molar-refractivity contribution >= 4 is 17.4 Å². The van der Waals surface area contributed by atoms with E-state index < -0.39 is 0 Å². The van der Waals surface area contributed by atoms with Gasteiger partial charge in [-0.25, -0.2) is 4.98 Å². The highest BCUT2D eigenvalue weighted by Crippen LogP contribution is 2.27. The summed E-state index contributed by atoms with van der Waals surface area (Å²) < 4.78 is 10.8. The Kier molecular flexibility index (Phi) is 2.76. The lowest BCUT2D eigenvalue weighted by Gasteiger charge is -2.03. The van der Waals surface area contributed by atoms with Crippen molar-refractivity contribution in [3.63, 3.8) is 0 Å². The first-order valence-electron chi connectivity index (χ1n) is 5.81. The van der Waals surface area contributed by atoms with E-state index >= 15 is 0 Å². The van der Waals surface area contributed by atoms with Crippen LogP contribution in [0.15, 0.2) is 46.9 Å². The highest BCUT2D eigenvalue weighted by molar-refractivity contribution is 5.83. The van der Waals surface area contributed by atoms with Crippen molar-refractivity contribution in [3.05, 3.63) is 48.0 Å². The van der Waals surface area contributed by atoms with Gasteiger partial charge in [-0.2, -0.15) is 0 Å². The molecule has 0 radical (unpaired) electrons. The van der Waals surface area contributed by atoms with Crippen LogP contribution in [0, 0.1) is 0 Å². The number of nitrogens with zero attached hydrogens (tertiary/aromatic N) is 1. The maximum atomic E-state index is 11.0. The molecule has 0 aliphatic rings. The zero-order valence-corrected chi connectivity index (χ0v) is 10.3. The fourth-order valence-corrected chi connectivity index (χ4v) is 1.96. The zero-order valence-electron chi connectivity index (χ0n) is 10.3. The number of aromatic nitrogens is 1. The number of rotatable bonds is 3. The molecule has 0 aliphatic heterocycles. The Morgan fingerprint density at radius 3 is 2.79 bits per heavy atom. The third kappa shape index (κ3) is 1.97. The number of carbonyl (C=O) groups is 1. The molecule has 0 saturated heterocycles. The predicted molar refractivity (Wildman–Crippen MR) is 71.4 cm³/mol. The van der Waals surface area contributed by atoms with E-state index in [0.29, 0.717) is 17.2 Å². The van der Waals surface area contributed by atoms with Crippen molar-refractivity contribution in [2.45, 2.75) is 0 Å². The molecule has 2 aromatic carbocycles. The quantitative estimate of drug-likeness (QED) is 0.672. The second-order valence-electron chi connectivity index (χ2n) is 4.06. The van der Waals surface area contributed by atoms with Crippen LogP contribution in [0.3, 0.4) is 0 Å². The van der Waals surface area contributed by atoms with E-state index in [0.717, 1.165) is 22.9 Å². The van der Waals surface area contributed by atoms with Gasteiger partial charge in [-0.1, -0.05) is 12.1 Å². The summed E-state index contributed by atoms with van der Waals surface area (Å²) in [5.41, 5.74) is 2.74. The lowest BCUT2D eigenvalue weighted by Crippen LogP contribution is -1.91. The van der Waals surface area contributed by atoms with E-state index in [1.165, 1.54) is 7.11 Å². The molecule has 0 saturated carbocycles. The summed E-state index contributed by atoms with van der Waals surface area (Å²) in [6.07, 6.45) is 0.755. The van der Waals surface area contributed by atoms with E-state index in [2.05, 4.69) is 4.98 Å². The average Bonchev–Trinajstić information content (AvgIpc) is 2.90. The van der Waals surface area contributed by atoms with Gasteiger partial charge >= 0.3 is 0 Å². The summed E-state index contributed by atoms with van der Waals surface area (Å²) in [6.45, 7) is 0. The molecule has 94 valence electrons. The molecular formula is C15H11NO3. The maximum Gasteiger partial charge on any atom is 0.227 e. The van der Waals surface area contributed by atoms with Gasteiger partial charge in [-0.05, 0) is 30.3 Å². The van der Waals surface area contributed by atoms with Crippen LogP contribution in [0.1, 0.15) is 10.4 Å². The van der Waals surface area contributed by atoms with E-state index in [1.807, 2.05) is 30.3 Å². The maximum absolute atomic E-state index is 11.0. The third-order valence-electron chi connectivity index (χ3n) is 2.90. The smallest absolute Gasteiger partial charge is 0.227 e. The van der Waals surface area contributed by atoms with Gasteiger partial charge in [-0.3, -0.25) is 4.79 Å². The van der Waals surface area contributed by atoms with Crippen LogP contribution >= 0.6 is 0 Å². The Bertz CT molecular complexity index is 713. The van der Waals surface area contributed by atoms with Crippen LogP contribution in [-0.4, -0.2) is 18.4 Å². The minimum atomic E-state index is 0.474. The van der Waals surface area contributed by atoms with Gasteiger partial charge < -0.3 is 9.15 Å². The minimum absolute atomic E-state index is 0.474. The molecule has 4 nitrogen and oxygen atoms in total. The first-order valence-corrected chi connectivity index (χ1v) is 5.81. The zero-order chi connectivity index (χ0) is 13.2. The van der Waals surface area contributed by atoms with Crippen LogP contribution in [0.2, 0.25) is 0 Å². The van der Waals surface area contributed by atoms with Crippen LogP contribution in [0.25, 0.3) is 22.6 Å². The summed E-state index contributed by atoms with van der Waals surface area (Å²) >= 11 is 0. The number of carbonyl (C=O) groups excluding carboxylic acids is 1. The number of hydrogen-bond acceptors (Lipinski definition) is 4. The summed E-state index contributed by atoms with van der Waals surface area (Å²) in [4.78, 5) is 15.4. The summed E-state index contributed by atoms with van der Waals surface area (Å²) in [6, 6.07) is 12.8. The van der Waals surface area contributed by atoms with Crippen molar-refractivity contribution in [3.8, 4) is 17.2 Å². The number of oxazole rings is 1. The van der Waals surface area contributed by atoms with Gasteiger partial charge in [0.05, 0.1) is 12.7 Å². The van der Waals surface area contributed by atoms with E-state index in [9.17, 15) is 4.79 Å². The lowest BCUT2D eigenvalue weighted by molar-refractivity contribution is 0.112. The summed E-state index contributed by atoms with van der Waals surface area (Å²) in [5, 5.41) is 0. The Balaban J connectivity index is 2.13. The molecule has 0 atom stereocenters. The standard InChI is InChI=1S/C15H11NO3/c1-18-13-7-6-10(8-11(13)9-17)15-16-12-4-2-3-5-14(12)19-15/h2-9H,1H3. The van der Waals surface area contributed by atoms with Gasteiger partial charge in [0.2, 0.25) is 5.89 Å². The van der Waals surface area contributed by atoms with Crippen molar-refractivity contribution in [2.75, 3.05) is 7.11 Å². The molecule has 1 aromatic heterocycles. The Hall–Kier alpha value is -2.62. The van der Waals surface area contributed by atoms with Crippen LogP contribution in [-0.2, 0) is 0 Å².